The number of carbonyl (C=O) groups excluding carboxylic acids is 2. The van der Waals surface area contributed by atoms with Gasteiger partial charge in [0.05, 0.1) is 24.1 Å². The van der Waals surface area contributed by atoms with E-state index in [-0.39, 0.29) is 6.54 Å². The highest BCUT2D eigenvalue weighted by Crippen LogP contribution is 2.34. The van der Waals surface area contributed by atoms with Crippen molar-refractivity contribution in [3.05, 3.63) is 54.0 Å². The fourth-order valence-electron chi connectivity index (χ4n) is 2.06. The van der Waals surface area contributed by atoms with Crippen molar-refractivity contribution in [2.45, 2.75) is 12.3 Å². The lowest BCUT2D eigenvalue weighted by molar-refractivity contribution is -0.138. The Balaban J connectivity index is 1.98. The Morgan fingerprint density at radius 1 is 1.16 bits per heavy atom. The molecule has 6 nitrogen and oxygen atoms in total. The fraction of sp³-hybridized carbons (Fsp3) is 0.250. The minimum atomic E-state index is -4.65. The number of alkyl halides is 3. The first-order valence-electron chi connectivity index (χ1n) is 7.14. The van der Waals surface area contributed by atoms with Crippen LogP contribution in [0.3, 0.4) is 0 Å². The van der Waals surface area contributed by atoms with Crippen LogP contribution in [0.4, 0.5) is 18.9 Å². The van der Waals surface area contributed by atoms with Gasteiger partial charge in [0, 0.05) is 7.11 Å². The van der Waals surface area contributed by atoms with Crippen molar-refractivity contribution in [1.82, 2.24) is 5.32 Å². The van der Waals surface area contributed by atoms with Crippen LogP contribution in [-0.2, 0) is 20.5 Å². The summed E-state index contributed by atoms with van der Waals surface area (Å²) in [5, 5.41) is 4.24. The standard InChI is InChI=1S/C16H15F3N2O4/c1-24-13(12-7-4-8-25-12)9-20-14(22)15(23)21-11-6-3-2-5-10(11)16(17,18)19/h2-8,13H,9H2,1H3,(H,20,22)(H,21,23)/t13-/m1/s1. The first kappa shape index (κ1) is 18.5. The molecule has 2 aromatic rings. The van der Waals surface area contributed by atoms with E-state index in [0.29, 0.717) is 5.76 Å². The number of amides is 2. The molecule has 1 atom stereocenters. The highest BCUT2D eigenvalue weighted by Gasteiger charge is 2.34. The van der Waals surface area contributed by atoms with Gasteiger partial charge in [-0.25, -0.2) is 0 Å². The zero-order valence-electron chi connectivity index (χ0n) is 13.1. The Hall–Kier alpha value is -2.81. The monoisotopic (exact) mass is 356 g/mol. The van der Waals surface area contributed by atoms with Gasteiger partial charge in [-0.15, -0.1) is 0 Å². The van der Waals surface area contributed by atoms with Gasteiger partial charge in [-0.2, -0.15) is 13.2 Å². The first-order chi connectivity index (χ1) is 11.8. The Bertz CT molecular complexity index is 729. The number of carbonyl (C=O) groups is 2. The van der Waals surface area contributed by atoms with Crippen LogP contribution in [0, 0.1) is 0 Å². The van der Waals surface area contributed by atoms with E-state index in [2.05, 4.69) is 5.32 Å². The number of halogens is 3. The van der Waals surface area contributed by atoms with Gasteiger partial charge in [0.1, 0.15) is 11.9 Å². The molecule has 2 N–H and O–H groups in total. The molecule has 134 valence electrons. The first-order valence-corrected chi connectivity index (χ1v) is 7.14. The molecule has 0 unspecified atom stereocenters. The van der Waals surface area contributed by atoms with E-state index in [1.165, 1.54) is 25.5 Å². The maximum atomic E-state index is 12.9. The predicted molar refractivity (Wildman–Crippen MR) is 81.5 cm³/mol. The summed E-state index contributed by atoms with van der Waals surface area (Å²) < 4.78 is 48.9. The molecule has 0 aliphatic rings. The van der Waals surface area contributed by atoms with Crippen molar-refractivity contribution in [1.29, 1.82) is 0 Å². The van der Waals surface area contributed by atoms with Crippen molar-refractivity contribution in [2.24, 2.45) is 0 Å². The highest BCUT2D eigenvalue weighted by molar-refractivity contribution is 6.39. The molecule has 0 saturated heterocycles. The van der Waals surface area contributed by atoms with Crippen molar-refractivity contribution >= 4 is 17.5 Å². The topological polar surface area (TPSA) is 80.6 Å². The Labute approximate surface area is 141 Å². The molecular weight excluding hydrogens is 341 g/mol. The number of rotatable bonds is 5. The number of anilines is 1. The lowest BCUT2D eigenvalue weighted by Crippen LogP contribution is -2.38. The summed E-state index contributed by atoms with van der Waals surface area (Å²) in [5.41, 5.74) is -1.54. The van der Waals surface area contributed by atoms with Crippen molar-refractivity contribution in [2.75, 3.05) is 19.0 Å². The van der Waals surface area contributed by atoms with Crippen LogP contribution in [-0.4, -0.2) is 25.5 Å². The molecule has 1 aromatic heterocycles. The Kier molecular flexibility index (Phi) is 5.81. The van der Waals surface area contributed by atoms with E-state index < -0.39 is 35.3 Å². The second-order valence-electron chi connectivity index (χ2n) is 4.95. The maximum Gasteiger partial charge on any atom is 0.418 e. The number of nitrogens with one attached hydrogen (secondary N) is 2. The largest absolute Gasteiger partial charge is 0.467 e. The van der Waals surface area contributed by atoms with Gasteiger partial charge in [0.2, 0.25) is 0 Å². The summed E-state index contributed by atoms with van der Waals surface area (Å²) in [6, 6.07) is 7.63. The van der Waals surface area contributed by atoms with Crippen LogP contribution in [0.2, 0.25) is 0 Å². The quantitative estimate of drug-likeness (QED) is 0.808. The second kappa shape index (κ2) is 7.84. The lowest BCUT2D eigenvalue weighted by atomic mass is 10.1. The zero-order valence-corrected chi connectivity index (χ0v) is 13.1. The van der Waals surface area contributed by atoms with E-state index in [0.717, 1.165) is 12.1 Å². The van der Waals surface area contributed by atoms with Gasteiger partial charge in [-0.3, -0.25) is 9.59 Å². The lowest BCUT2D eigenvalue weighted by Gasteiger charge is -2.15. The molecule has 0 aliphatic heterocycles. The normalized spacial score (nSPS) is 12.5. The molecule has 0 radical (unpaired) electrons. The van der Waals surface area contributed by atoms with Crippen molar-refractivity contribution in [3.63, 3.8) is 0 Å². The number of benzene rings is 1. The van der Waals surface area contributed by atoms with Gasteiger partial charge in [-0.1, -0.05) is 12.1 Å². The summed E-state index contributed by atoms with van der Waals surface area (Å²) >= 11 is 0. The third-order valence-corrected chi connectivity index (χ3v) is 3.28. The van der Waals surface area contributed by atoms with Crippen LogP contribution in [0.1, 0.15) is 17.4 Å². The predicted octanol–water partition coefficient (Wildman–Crippen LogP) is 2.74. The molecule has 0 spiro atoms. The van der Waals surface area contributed by atoms with E-state index in [1.54, 1.807) is 12.1 Å². The third-order valence-electron chi connectivity index (χ3n) is 3.28. The summed E-state index contributed by atoms with van der Waals surface area (Å²) in [6.45, 7) is -0.0861. The molecule has 2 amide bonds. The Morgan fingerprint density at radius 2 is 1.88 bits per heavy atom. The van der Waals surface area contributed by atoms with Crippen molar-refractivity contribution < 1.29 is 31.9 Å². The van der Waals surface area contributed by atoms with Gasteiger partial charge < -0.3 is 19.8 Å². The van der Waals surface area contributed by atoms with Crippen molar-refractivity contribution in [3.8, 4) is 0 Å². The van der Waals surface area contributed by atoms with Crippen LogP contribution in [0.15, 0.2) is 47.1 Å². The molecule has 0 fully saturated rings. The number of furan rings is 1. The molecule has 0 aliphatic carbocycles. The second-order valence-corrected chi connectivity index (χ2v) is 4.95. The minimum absolute atomic E-state index is 0.0861. The zero-order chi connectivity index (χ0) is 18.4. The molecule has 0 saturated carbocycles. The molecule has 9 heteroatoms. The van der Waals surface area contributed by atoms with Gasteiger partial charge in [0.15, 0.2) is 0 Å². The highest BCUT2D eigenvalue weighted by atomic mass is 19.4. The fourth-order valence-corrected chi connectivity index (χ4v) is 2.06. The number of methoxy groups -OCH3 is 1. The summed E-state index contributed by atoms with van der Waals surface area (Å²) in [5.74, 6) is -1.87. The summed E-state index contributed by atoms with van der Waals surface area (Å²) in [4.78, 5) is 23.6. The molecule has 0 bridgehead atoms. The smallest absolute Gasteiger partial charge is 0.418 e. The van der Waals surface area contributed by atoms with Crippen LogP contribution in [0.5, 0.6) is 0 Å². The number of hydrogen-bond donors (Lipinski definition) is 2. The number of hydrogen-bond acceptors (Lipinski definition) is 4. The average Bonchev–Trinajstić information content (AvgIpc) is 3.09. The van der Waals surface area contributed by atoms with E-state index in [9.17, 15) is 22.8 Å². The van der Waals surface area contributed by atoms with Gasteiger partial charge in [-0.05, 0) is 24.3 Å². The summed E-state index contributed by atoms with van der Waals surface area (Å²) in [7, 11) is 1.39. The molecular formula is C16H15F3N2O4. The Morgan fingerprint density at radius 3 is 2.48 bits per heavy atom. The van der Waals surface area contributed by atoms with E-state index >= 15 is 0 Å². The number of ether oxygens (including phenoxy) is 1. The van der Waals surface area contributed by atoms with E-state index in [1.807, 2.05) is 5.32 Å². The number of para-hydroxylation sites is 1. The van der Waals surface area contributed by atoms with Crippen LogP contribution in [0.25, 0.3) is 0 Å². The van der Waals surface area contributed by atoms with Gasteiger partial charge in [0.25, 0.3) is 0 Å². The molecule has 1 aromatic carbocycles. The maximum absolute atomic E-state index is 12.9. The SMILES string of the molecule is CO[C@H](CNC(=O)C(=O)Nc1ccccc1C(F)(F)F)c1ccco1. The minimum Gasteiger partial charge on any atom is -0.467 e. The van der Waals surface area contributed by atoms with Crippen LogP contribution >= 0.6 is 0 Å². The van der Waals surface area contributed by atoms with Crippen LogP contribution < -0.4 is 10.6 Å². The molecule has 2 rings (SSSR count). The van der Waals surface area contributed by atoms with E-state index in [4.69, 9.17) is 9.15 Å². The summed E-state index contributed by atoms with van der Waals surface area (Å²) in [6.07, 6.45) is -3.86. The van der Waals surface area contributed by atoms with Gasteiger partial charge >= 0.3 is 18.0 Å². The molecule has 1 heterocycles. The average molecular weight is 356 g/mol. The molecule has 25 heavy (non-hydrogen) atoms. The third kappa shape index (κ3) is 4.83.